The minimum atomic E-state index is -3.94. The van der Waals surface area contributed by atoms with Gasteiger partial charge in [0.15, 0.2) is 0 Å². The molecular weight excluding hydrogens is 514 g/mol. The quantitative estimate of drug-likeness (QED) is 0.335. The van der Waals surface area contributed by atoms with E-state index >= 15 is 0 Å². The Labute approximate surface area is 201 Å². The van der Waals surface area contributed by atoms with Crippen LogP contribution in [0.1, 0.15) is 16.7 Å². The molecule has 166 valence electrons. The lowest BCUT2D eigenvalue weighted by Crippen LogP contribution is -2.39. The molecule has 0 aliphatic rings. The van der Waals surface area contributed by atoms with Gasteiger partial charge in [-0.05, 0) is 42.8 Å². The zero-order valence-electron chi connectivity index (χ0n) is 17.2. The number of hydrogen-bond acceptors (Lipinski definition) is 4. The molecule has 1 amide bonds. The summed E-state index contributed by atoms with van der Waals surface area (Å²) in [5, 5.41) is 4.43. The largest absolute Gasteiger partial charge is 0.272 e. The highest BCUT2D eigenvalue weighted by atomic mass is 79.9. The van der Waals surface area contributed by atoms with Crippen molar-refractivity contribution < 1.29 is 13.2 Å². The lowest BCUT2D eigenvalue weighted by atomic mass is 10.2. The molecule has 1 N–H and O–H groups in total. The normalized spacial score (nSPS) is 11.8. The van der Waals surface area contributed by atoms with Crippen molar-refractivity contribution in [3.05, 3.63) is 99.0 Å². The minimum absolute atomic E-state index is 0.0157. The van der Waals surface area contributed by atoms with Crippen molar-refractivity contribution in [1.29, 1.82) is 0 Å². The van der Waals surface area contributed by atoms with Gasteiger partial charge in [0.25, 0.3) is 5.91 Å². The molecule has 0 atom stereocenters. The Bertz CT molecular complexity index is 1230. The van der Waals surface area contributed by atoms with Crippen molar-refractivity contribution in [2.24, 2.45) is 5.10 Å². The molecule has 3 rings (SSSR count). The third-order valence-electron chi connectivity index (χ3n) is 4.52. The number of rotatable bonds is 8. The first-order chi connectivity index (χ1) is 15.3. The predicted octanol–water partition coefficient (Wildman–Crippen LogP) is 4.75. The van der Waals surface area contributed by atoms with Gasteiger partial charge in [-0.15, -0.1) is 0 Å². The first kappa shape index (κ1) is 24.1. The Morgan fingerprint density at radius 3 is 2.50 bits per heavy atom. The Hall–Kier alpha value is -2.52. The molecule has 0 spiro atoms. The van der Waals surface area contributed by atoms with Crippen molar-refractivity contribution >= 4 is 49.7 Å². The van der Waals surface area contributed by atoms with E-state index in [0.29, 0.717) is 10.6 Å². The topological polar surface area (TPSA) is 78.8 Å². The fourth-order valence-corrected chi connectivity index (χ4v) is 4.86. The van der Waals surface area contributed by atoms with Gasteiger partial charge in [-0.2, -0.15) is 9.41 Å². The van der Waals surface area contributed by atoms with Gasteiger partial charge in [-0.3, -0.25) is 4.79 Å². The Morgan fingerprint density at radius 1 is 1.09 bits per heavy atom. The zero-order valence-corrected chi connectivity index (χ0v) is 20.4. The highest BCUT2D eigenvalue weighted by Crippen LogP contribution is 2.20. The van der Waals surface area contributed by atoms with Crippen LogP contribution in [0, 0.1) is 6.92 Å². The monoisotopic (exact) mass is 533 g/mol. The lowest BCUT2D eigenvalue weighted by molar-refractivity contribution is -0.121. The summed E-state index contributed by atoms with van der Waals surface area (Å²) in [4.78, 5) is 12.7. The van der Waals surface area contributed by atoms with Crippen LogP contribution in [0.2, 0.25) is 5.02 Å². The number of benzene rings is 3. The van der Waals surface area contributed by atoms with E-state index in [4.69, 9.17) is 11.6 Å². The van der Waals surface area contributed by atoms with Crippen LogP contribution in [0.5, 0.6) is 0 Å². The first-order valence-electron chi connectivity index (χ1n) is 9.63. The average Bonchev–Trinajstić information content (AvgIpc) is 2.75. The minimum Gasteiger partial charge on any atom is -0.272 e. The number of nitrogens with one attached hydrogen (secondary N) is 1. The van der Waals surface area contributed by atoms with Crippen LogP contribution in [-0.4, -0.2) is 31.4 Å². The van der Waals surface area contributed by atoms with E-state index in [9.17, 15) is 13.2 Å². The van der Waals surface area contributed by atoms with E-state index in [1.54, 1.807) is 36.4 Å². The second-order valence-corrected chi connectivity index (χ2v) is 10.3. The second-order valence-electron chi connectivity index (χ2n) is 7.03. The summed E-state index contributed by atoms with van der Waals surface area (Å²) in [6.07, 6.45) is 1.48. The molecule has 3 aromatic carbocycles. The molecule has 0 aliphatic heterocycles. The fourth-order valence-electron chi connectivity index (χ4n) is 2.87. The molecule has 0 fully saturated rings. The molecule has 0 unspecified atom stereocenters. The number of carbonyl (C=O) groups excluding carboxylic acids is 1. The van der Waals surface area contributed by atoms with Crippen molar-refractivity contribution in [3.8, 4) is 0 Å². The van der Waals surface area contributed by atoms with Crippen molar-refractivity contribution in [1.82, 2.24) is 9.73 Å². The van der Waals surface area contributed by atoms with Gasteiger partial charge in [0.1, 0.15) is 0 Å². The summed E-state index contributed by atoms with van der Waals surface area (Å²) < 4.78 is 28.5. The van der Waals surface area contributed by atoms with Gasteiger partial charge in [0.2, 0.25) is 10.0 Å². The number of hydrazone groups is 1. The standard InChI is InChI=1S/C23H21BrClN3O3S/c1-17-9-11-21(12-10-17)32(30,31)28(15-18-5-4-7-20(25)13-18)16-23(29)27-26-14-19-6-2-3-8-22(19)24/h2-14H,15-16H2,1H3,(H,27,29)/b26-14-. The van der Waals surface area contributed by atoms with Gasteiger partial charge in [0, 0.05) is 21.6 Å². The molecule has 0 saturated heterocycles. The Morgan fingerprint density at radius 2 is 1.81 bits per heavy atom. The molecule has 0 radical (unpaired) electrons. The van der Waals surface area contributed by atoms with E-state index in [0.717, 1.165) is 19.9 Å². The Balaban J connectivity index is 1.81. The summed E-state index contributed by atoms with van der Waals surface area (Å²) in [5.41, 5.74) is 4.77. The second kappa shape index (κ2) is 10.9. The molecule has 32 heavy (non-hydrogen) atoms. The maximum atomic E-state index is 13.3. The molecule has 0 aliphatic carbocycles. The molecule has 6 nitrogen and oxygen atoms in total. The summed E-state index contributed by atoms with van der Waals surface area (Å²) in [5.74, 6) is -0.564. The number of nitrogens with zero attached hydrogens (tertiary/aromatic N) is 2. The molecule has 9 heteroatoms. The summed E-state index contributed by atoms with van der Waals surface area (Å²) in [7, 11) is -3.94. The molecular formula is C23H21BrClN3O3S. The number of halogens is 2. The smallest absolute Gasteiger partial charge is 0.255 e. The van der Waals surface area contributed by atoms with Crippen LogP contribution in [0.3, 0.4) is 0 Å². The molecule has 3 aromatic rings. The lowest BCUT2D eigenvalue weighted by Gasteiger charge is -2.21. The molecule has 0 saturated carbocycles. The third-order valence-corrected chi connectivity index (χ3v) is 7.29. The Kier molecular flexibility index (Phi) is 8.20. The molecule has 0 bridgehead atoms. The maximum absolute atomic E-state index is 13.3. The van der Waals surface area contributed by atoms with Crippen LogP contribution in [0.15, 0.2) is 87.3 Å². The number of hydrogen-bond donors (Lipinski definition) is 1. The summed E-state index contributed by atoms with van der Waals surface area (Å²) in [6, 6.07) is 20.7. The van der Waals surface area contributed by atoms with Crippen LogP contribution in [-0.2, 0) is 21.4 Å². The van der Waals surface area contributed by atoms with Crippen LogP contribution in [0.4, 0.5) is 0 Å². The van der Waals surface area contributed by atoms with E-state index in [1.807, 2.05) is 31.2 Å². The SMILES string of the molecule is Cc1ccc(S(=O)(=O)N(CC(=O)N/N=C\c2ccccc2Br)Cc2cccc(Cl)c2)cc1. The highest BCUT2D eigenvalue weighted by Gasteiger charge is 2.27. The third kappa shape index (κ3) is 6.49. The number of aryl methyl sites for hydroxylation is 1. The maximum Gasteiger partial charge on any atom is 0.255 e. The fraction of sp³-hybridized carbons (Fsp3) is 0.130. The first-order valence-corrected chi connectivity index (χ1v) is 12.2. The molecule has 0 heterocycles. The van der Waals surface area contributed by atoms with Gasteiger partial charge < -0.3 is 0 Å². The van der Waals surface area contributed by atoms with Crippen molar-refractivity contribution in [2.75, 3.05) is 6.54 Å². The molecule has 0 aromatic heterocycles. The number of sulfonamides is 1. The summed E-state index contributed by atoms with van der Waals surface area (Å²) in [6.45, 7) is 1.45. The van der Waals surface area contributed by atoms with Gasteiger partial charge in [-0.25, -0.2) is 13.8 Å². The van der Waals surface area contributed by atoms with Crippen molar-refractivity contribution in [3.63, 3.8) is 0 Å². The number of carbonyl (C=O) groups is 1. The van der Waals surface area contributed by atoms with Crippen molar-refractivity contribution in [2.45, 2.75) is 18.4 Å². The zero-order chi connectivity index (χ0) is 23.1. The van der Waals surface area contributed by atoms with Crippen LogP contribution in [0.25, 0.3) is 0 Å². The van der Waals surface area contributed by atoms with Crippen LogP contribution < -0.4 is 5.43 Å². The average molecular weight is 535 g/mol. The van der Waals surface area contributed by atoms with E-state index in [2.05, 4.69) is 26.5 Å². The van der Waals surface area contributed by atoms with E-state index < -0.39 is 22.5 Å². The highest BCUT2D eigenvalue weighted by molar-refractivity contribution is 9.10. The summed E-state index contributed by atoms with van der Waals surface area (Å²) >= 11 is 9.45. The predicted molar refractivity (Wildman–Crippen MR) is 130 cm³/mol. The van der Waals surface area contributed by atoms with Gasteiger partial charge in [-0.1, -0.05) is 75.6 Å². The van der Waals surface area contributed by atoms with Crippen LogP contribution >= 0.6 is 27.5 Å². The number of amides is 1. The van der Waals surface area contributed by atoms with E-state index in [-0.39, 0.29) is 11.4 Å². The van der Waals surface area contributed by atoms with Gasteiger partial charge >= 0.3 is 0 Å². The van der Waals surface area contributed by atoms with E-state index in [1.165, 1.54) is 18.3 Å². The van der Waals surface area contributed by atoms with Gasteiger partial charge in [0.05, 0.1) is 17.7 Å².